The van der Waals surface area contributed by atoms with Gasteiger partial charge in [0.25, 0.3) is 0 Å². The van der Waals surface area contributed by atoms with Gasteiger partial charge in [-0.3, -0.25) is 4.79 Å². The average Bonchev–Trinajstić information content (AvgIpc) is 3.05. The SMILES string of the molecule is CC(NC1CCN2CCC1C2)C(=O)NC1CC1. The zero-order chi connectivity index (χ0) is 11.8. The van der Waals surface area contributed by atoms with Crippen LogP contribution in [0.3, 0.4) is 0 Å². The predicted octanol–water partition coefficient (Wildman–Crippen LogP) is 0.337. The van der Waals surface area contributed by atoms with Crippen LogP contribution in [0.5, 0.6) is 0 Å². The minimum Gasteiger partial charge on any atom is -0.352 e. The minimum atomic E-state index is -0.0345. The molecule has 1 saturated carbocycles. The smallest absolute Gasteiger partial charge is 0.237 e. The van der Waals surface area contributed by atoms with Crippen molar-refractivity contribution >= 4 is 5.91 Å². The van der Waals surface area contributed by atoms with Crippen LogP contribution in [0.25, 0.3) is 0 Å². The van der Waals surface area contributed by atoms with Crippen LogP contribution < -0.4 is 10.6 Å². The Morgan fingerprint density at radius 2 is 2.00 bits per heavy atom. The van der Waals surface area contributed by atoms with Gasteiger partial charge >= 0.3 is 0 Å². The van der Waals surface area contributed by atoms with E-state index in [0.717, 1.165) is 5.92 Å². The summed E-state index contributed by atoms with van der Waals surface area (Å²) in [5, 5.41) is 6.62. The van der Waals surface area contributed by atoms with Crippen molar-refractivity contribution in [3.05, 3.63) is 0 Å². The first-order valence-corrected chi connectivity index (χ1v) is 7.01. The first-order chi connectivity index (χ1) is 8.22. The lowest BCUT2D eigenvalue weighted by Crippen LogP contribution is -2.52. The van der Waals surface area contributed by atoms with Gasteiger partial charge < -0.3 is 15.5 Å². The van der Waals surface area contributed by atoms with Crippen LogP contribution in [0, 0.1) is 5.92 Å². The van der Waals surface area contributed by atoms with E-state index in [1.54, 1.807) is 0 Å². The normalized spacial score (nSPS) is 37.8. The van der Waals surface area contributed by atoms with Gasteiger partial charge in [0.15, 0.2) is 0 Å². The predicted molar refractivity (Wildman–Crippen MR) is 66.7 cm³/mol. The van der Waals surface area contributed by atoms with E-state index in [-0.39, 0.29) is 11.9 Å². The van der Waals surface area contributed by atoms with E-state index in [0.29, 0.717) is 12.1 Å². The quantitative estimate of drug-likeness (QED) is 0.741. The van der Waals surface area contributed by atoms with Gasteiger partial charge in [0.1, 0.15) is 0 Å². The Hall–Kier alpha value is -0.610. The van der Waals surface area contributed by atoms with Gasteiger partial charge in [-0.05, 0) is 51.6 Å². The Bertz CT molecular complexity index is 303. The Balaban J connectivity index is 1.49. The summed E-state index contributed by atoms with van der Waals surface area (Å²) in [6.07, 6.45) is 4.83. The molecule has 96 valence electrons. The van der Waals surface area contributed by atoms with Gasteiger partial charge in [-0.1, -0.05) is 0 Å². The van der Waals surface area contributed by atoms with Gasteiger partial charge in [0.05, 0.1) is 6.04 Å². The summed E-state index contributed by atoms with van der Waals surface area (Å²) >= 11 is 0. The molecule has 2 N–H and O–H groups in total. The maximum atomic E-state index is 11.9. The second kappa shape index (κ2) is 4.58. The lowest BCUT2D eigenvalue weighted by molar-refractivity contribution is -0.123. The highest BCUT2D eigenvalue weighted by Crippen LogP contribution is 2.27. The molecule has 2 saturated heterocycles. The van der Waals surface area contributed by atoms with Crippen LogP contribution in [0.4, 0.5) is 0 Å². The van der Waals surface area contributed by atoms with Gasteiger partial charge in [-0.15, -0.1) is 0 Å². The minimum absolute atomic E-state index is 0.0345. The Kier molecular flexibility index (Phi) is 3.09. The first kappa shape index (κ1) is 11.5. The molecule has 2 aliphatic heterocycles. The van der Waals surface area contributed by atoms with Gasteiger partial charge in [-0.25, -0.2) is 0 Å². The van der Waals surface area contributed by atoms with Crippen molar-refractivity contribution in [3.8, 4) is 0 Å². The second-order valence-corrected chi connectivity index (χ2v) is 5.92. The molecule has 0 spiro atoms. The van der Waals surface area contributed by atoms with Crippen molar-refractivity contribution < 1.29 is 4.79 Å². The fourth-order valence-electron chi connectivity index (χ4n) is 3.12. The average molecular weight is 237 g/mol. The van der Waals surface area contributed by atoms with Crippen LogP contribution in [0.15, 0.2) is 0 Å². The number of hydrogen-bond acceptors (Lipinski definition) is 3. The number of carbonyl (C=O) groups is 1. The van der Waals surface area contributed by atoms with Crippen LogP contribution in [-0.2, 0) is 4.79 Å². The van der Waals surface area contributed by atoms with E-state index in [1.165, 1.54) is 45.3 Å². The number of piperidine rings is 1. The largest absolute Gasteiger partial charge is 0.352 e. The van der Waals surface area contributed by atoms with Gasteiger partial charge in [0.2, 0.25) is 5.91 Å². The molecule has 4 atom stereocenters. The molecule has 2 bridgehead atoms. The Morgan fingerprint density at radius 1 is 1.24 bits per heavy atom. The summed E-state index contributed by atoms with van der Waals surface area (Å²) in [6, 6.07) is 0.988. The summed E-state index contributed by atoms with van der Waals surface area (Å²) in [6.45, 7) is 5.68. The molecule has 1 aliphatic carbocycles. The van der Waals surface area contributed by atoms with E-state index in [2.05, 4.69) is 15.5 Å². The van der Waals surface area contributed by atoms with E-state index in [9.17, 15) is 4.79 Å². The van der Waals surface area contributed by atoms with Crippen LogP contribution in [0.1, 0.15) is 32.6 Å². The summed E-state index contributed by atoms with van der Waals surface area (Å²) < 4.78 is 0. The van der Waals surface area contributed by atoms with Crippen molar-refractivity contribution in [2.45, 2.75) is 50.7 Å². The van der Waals surface area contributed by atoms with E-state index in [4.69, 9.17) is 0 Å². The second-order valence-electron chi connectivity index (χ2n) is 5.92. The topological polar surface area (TPSA) is 44.4 Å². The molecule has 0 aromatic rings. The molecule has 3 rings (SSSR count). The fraction of sp³-hybridized carbons (Fsp3) is 0.923. The number of carbonyl (C=O) groups excluding carboxylic acids is 1. The standard InChI is InChI=1S/C13H23N3O/c1-9(13(17)15-11-2-3-11)14-12-5-7-16-6-4-10(12)8-16/h9-12,14H,2-8H2,1H3,(H,15,17). The third-order valence-corrected chi connectivity index (χ3v) is 4.42. The zero-order valence-electron chi connectivity index (χ0n) is 10.6. The molecule has 0 aromatic heterocycles. The van der Waals surface area contributed by atoms with Gasteiger partial charge in [0, 0.05) is 18.6 Å². The van der Waals surface area contributed by atoms with E-state index in [1.807, 2.05) is 6.92 Å². The number of nitrogens with zero attached hydrogens (tertiary/aromatic N) is 1. The molecule has 4 nitrogen and oxygen atoms in total. The molecule has 3 fully saturated rings. The molecule has 17 heavy (non-hydrogen) atoms. The lowest BCUT2D eigenvalue weighted by Gasteiger charge is -2.32. The maximum absolute atomic E-state index is 11.9. The summed E-state index contributed by atoms with van der Waals surface area (Å²) in [5.41, 5.74) is 0. The van der Waals surface area contributed by atoms with E-state index >= 15 is 0 Å². The monoisotopic (exact) mass is 237 g/mol. The Labute approximate surface area is 103 Å². The van der Waals surface area contributed by atoms with Crippen molar-refractivity contribution in [3.63, 3.8) is 0 Å². The summed E-state index contributed by atoms with van der Waals surface area (Å²) in [5.74, 6) is 0.952. The number of rotatable bonds is 4. The number of fused-ring (bicyclic) bond motifs is 2. The summed E-state index contributed by atoms with van der Waals surface area (Å²) in [4.78, 5) is 14.4. The molecule has 3 aliphatic rings. The lowest BCUT2D eigenvalue weighted by atomic mass is 9.93. The third-order valence-electron chi connectivity index (χ3n) is 4.42. The highest BCUT2D eigenvalue weighted by atomic mass is 16.2. The van der Waals surface area contributed by atoms with Crippen molar-refractivity contribution in [1.29, 1.82) is 0 Å². The van der Waals surface area contributed by atoms with Crippen molar-refractivity contribution in [2.24, 2.45) is 5.92 Å². The van der Waals surface area contributed by atoms with E-state index < -0.39 is 0 Å². The van der Waals surface area contributed by atoms with Crippen molar-refractivity contribution in [1.82, 2.24) is 15.5 Å². The molecule has 4 unspecified atom stereocenters. The molecular weight excluding hydrogens is 214 g/mol. The highest BCUT2D eigenvalue weighted by Gasteiger charge is 2.35. The highest BCUT2D eigenvalue weighted by molar-refractivity contribution is 5.81. The first-order valence-electron chi connectivity index (χ1n) is 7.01. The number of amides is 1. The number of nitrogens with one attached hydrogen (secondary N) is 2. The third kappa shape index (κ3) is 2.63. The van der Waals surface area contributed by atoms with Crippen molar-refractivity contribution in [2.75, 3.05) is 19.6 Å². The number of hydrogen-bond donors (Lipinski definition) is 2. The van der Waals surface area contributed by atoms with Gasteiger partial charge in [-0.2, -0.15) is 0 Å². The molecule has 1 amide bonds. The Morgan fingerprint density at radius 3 is 2.76 bits per heavy atom. The van der Waals surface area contributed by atoms with Crippen LogP contribution in [0.2, 0.25) is 0 Å². The fourth-order valence-corrected chi connectivity index (χ4v) is 3.12. The van der Waals surface area contributed by atoms with Crippen LogP contribution >= 0.6 is 0 Å². The zero-order valence-corrected chi connectivity index (χ0v) is 10.6. The molecule has 0 radical (unpaired) electrons. The molecule has 2 heterocycles. The summed E-state index contributed by atoms with van der Waals surface area (Å²) in [7, 11) is 0. The maximum Gasteiger partial charge on any atom is 0.237 e. The molecular formula is C13H23N3O. The molecule has 4 heteroatoms. The van der Waals surface area contributed by atoms with Crippen LogP contribution in [-0.4, -0.2) is 48.6 Å². The molecule has 0 aromatic carbocycles.